The SMILES string of the molecule is COc1ccc(CNC(=O)Nc2ccc(-c3cn[nH]c3)cc2)cc1.O=C(O)C(F)(F)F. The molecule has 0 aliphatic heterocycles. The number of methoxy groups -OCH3 is 1. The minimum atomic E-state index is -5.08. The summed E-state index contributed by atoms with van der Waals surface area (Å²) >= 11 is 0. The predicted octanol–water partition coefficient (Wildman–Crippen LogP) is 4.04. The Labute approximate surface area is 175 Å². The summed E-state index contributed by atoms with van der Waals surface area (Å²) in [5, 5.41) is 19.5. The number of alkyl halides is 3. The van der Waals surface area contributed by atoms with Gasteiger partial charge in [0, 0.05) is 24.0 Å². The highest BCUT2D eigenvalue weighted by molar-refractivity contribution is 5.89. The molecule has 0 saturated carbocycles. The molecule has 0 aliphatic carbocycles. The first-order valence-corrected chi connectivity index (χ1v) is 8.76. The number of carboxylic acids is 1. The number of aromatic amines is 1. The van der Waals surface area contributed by atoms with Gasteiger partial charge >= 0.3 is 18.2 Å². The van der Waals surface area contributed by atoms with Crippen LogP contribution in [0.15, 0.2) is 60.9 Å². The third-order valence-corrected chi connectivity index (χ3v) is 3.83. The standard InChI is InChI=1S/C18H18N4O2.C2HF3O2/c1-24-17-8-2-13(3-9-17)10-19-18(23)22-16-6-4-14(5-7-16)15-11-20-21-12-15;3-2(4,5)1(6)7/h2-9,11-12H,10H2,1H3,(H,20,21)(H2,19,22,23);(H,6,7). The van der Waals surface area contributed by atoms with Crippen molar-refractivity contribution < 1.29 is 32.6 Å². The lowest BCUT2D eigenvalue weighted by molar-refractivity contribution is -0.192. The number of carbonyl (C=O) groups excluding carboxylic acids is 1. The quantitative estimate of drug-likeness (QED) is 0.482. The van der Waals surface area contributed by atoms with Crippen LogP contribution in [0.5, 0.6) is 5.75 Å². The summed E-state index contributed by atoms with van der Waals surface area (Å²) in [6.45, 7) is 0.447. The Morgan fingerprint density at radius 2 is 1.68 bits per heavy atom. The number of halogens is 3. The maximum Gasteiger partial charge on any atom is 0.490 e. The molecule has 0 saturated heterocycles. The van der Waals surface area contributed by atoms with Crippen molar-refractivity contribution in [3.05, 3.63) is 66.5 Å². The molecule has 1 aromatic heterocycles. The molecule has 4 N–H and O–H groups in total. The maximum absolute atomic E-state index is 12.0. The van der Waals surface area contributed by atoms with Gasteiger partial charge in [0.1, 0.15) is 5.75 Å². The zero-order chi connectivity index (χ0) is 22.9. The number of anilines is 1. The van der Waals surface area contributed by atoms with E-state index in [1.54, 1.807) is 13.3 Å². The number of aliphatic carboxylic acids is 1. The van der Waals surface area contributed by atoms with Crippen molar-refractivity contribution in [1.29, 1.82) is 0 Å². The summed E-state index contributed by atoms with van der Waals surface area (Å²) in [6.07, 6.45) is -1.51. The van der Waals surface area contributed by atoms with Crippen LogP contribution in [0.2, 0.25) is 0 Å². The summed E-state index contributed by atoms with van der Waals surface area (Å²) in [4.78, 5) is 20.9. The first-order chi connectivity index (χ1) is 14.7. The molecule has 0 bridgehead atoms. The maximum atomic E-state index is 12.0. The summed E-state index contributed by atoms with van der Waals surface area (Å²) in [6, 6.07) is 14.9. The van der Waals surface area contributed by atoms with Gasteiger partial charge in [-0.15, -0.1) is 0 Å². The van der Waals surface area contributed by atoms with Crippen LogP contribution >= 0.6 is 0 Å². The van der Waals surface area contributed by atoms with Gasteiger partial charge in [-0.05, 0) is 35.4 Å². The smallest absolute Gasteiger partial charge is 0.490 e. The topological polar surface area (TPSA) is 116 Å². The monoisotopic (exact) mass is 436 g/mol. The average molecular weight is 436 g/mol. The zero-order valence-electron chi connectivity index (χ0n) is 16.2. The van der Waals surface area contributed by atoms with E-state index in [2.05, 4.69) is 20.8 Å². The fourth-order valence-electron chi connectivity index (χ4n) is 2.26. The fraction of sp³-hybridized carbons (Fsp3) is 0.150. The van der Waals surface area contributed by atoms with Gasteiger partial charge in [-0.25, -0.2) is 9.59 Å². The molecule has 0 unspecified atom stereocenters. The summed E-state index contributed by atoms with van der Waals surface area (Å²) in [5.74, 6) is -1.96. The van der Waals surface area contributed by atoms with E-state index in [9.17, 15) is 18.0 Å². The summed E-state index contributed by atoms with van der Waals surface area (Å²) < 4.78 is 36.8. The van der Waals surface area contributed by atoms with Gasteiger partial charge in [0.05, 0.1) is 13.3 Å². The van der Waals surface area contributed by atoms with E-state index in [4.69, 9.17) is 14.6 Å². The molecule has 3 aromatic rings. The van der Waals surface area contributed by atoms with E-state index >= 15 is 0 Å². The first-order valence-electron chi connectivity index (χ1n) is 8.76. The first kappa shape index (κ1) is 23.3. The van der Waals surface area contributed by atoms with E-state index in [0.29, 0.717) is 6.54 Å². The Morgan fingerprint density at radius 3 is 2.16 bits per heavy atom. The van der Waals surface area contributed by atoms with Crippen LogP contribution in [-0.4, -0.2) is 40.6 Å². The molecule has 164 valence electrons. The van der Waals surface area contributed by atoms with Crippen LogP contribution in [0.3, 0.4) is 0 Å². The Morgan fingerprint density at radius 1 is 1.06 bits per heavy atom. The minimum Gasteiger partial charge on any atom is -0.497 e. The van der Waals surface area contributed by atoms with Crippen molar-refractivity contribution in [2.75, 3.05) is 12.4 Å². The fourth-order valence-corrected chi connectivity index (χ4v) is 2.26. The van der Waals surface area contributed by atoms with E-state index in [1.165, 1.54) is 0 Å². The van der Waals surface area contributed by atoms with E-state index in [-0.39, 0.29) is 6.03 Å². The van der Waals surface area contributed by atoms with Crippen LogP contribution in [0.25, 0.3) is 11.1 Å². The van der Waals surface area contributed by atoms with Gasteiger partial charge in [0.25, 0.3) is 0 Å². The number of carboxylic acid groups (broad SMARTS) is 1. The lowest BCUT2D eigenvalue weighted by Crippen LogP contribution is -2.28. The Kier molecular flexibility index (Phi) is 8.01. The van der Waals surface area contributed by atoms with Gasteiger partial charge in [-0.2, -0.15) is 18.3 Å². The number of carbonyl (C=O) groups is 2. The Balaban J connectivity index is 0.000000423. The normalized spacial score (nSPS) is 10.5. The molecule has 1 heterocycles. The molecule has 8 nitrogen and oxygen atoms in total. The molecular formula is C20H19F3N4O4. The molecule has 0 fully saturated rings. The highest BCUT2D eigenvalue weighted by Crippen LogP contribution is 2.20. The van der Waals surface area contributed by atoms with Crippen molar-refractivity contribution in [3.63, 3.8) is 0 Å². The second kappa shape index (κ2) is 10.7. The second-order valence-electron chi connectivity index (χ2n) is 6.02. The van der Waals surface area contributed by atoms with E-state index in [0.717, 1.165) is 28.1 Å². The molecule has 0 atom stereocenters. The second-order valence-corrected chi connectivity index (χ2v) is 6.02. The number of H-pyrrole nitrogens is 1. The number of nitrogens with one attached hydrogen (secondary N) is 3. The van der Waals surface area contributed by atoms with Crippen molar-refractivity contribution in [2.45, 2.75) is 12.7 Å². The molecule has 11 heteroatoms. The van der Waals surface area contributed by atoms with Crippen molar-refractivity contribution >= 4 is 17.7 Å². The highest BCUT2D eigenvalue weighted by Gasteiger charge is 2.38. The summed E-state index contributed by atoms with van der Waals surface area (Å²) in [5.41, 5.74) is 3.77. The number of rotatable bonds is 5. The van der Waals surface area contributed by atoms with Crippen molar-refractivity contribution in [2.24, 2.45) is 0 Å². The van der Waals surface area contributed by atoms with Gasteiger partial charge in [0.15, 0.2) is 0 Å². The largest absolute Gasteiger partial charge is 0.497 e. The predicted molar refractivity (Wildman–Crippen MR) is 107 cm³/mol. The van der Waals surface area contributed by atoms with Crippen LogP contribution in [0, 0.1) is 0 Å². The lowest BCUT2D eigenvalue weighted by Gasteiger charge is -2.09. The van der Waals surface area contributed by atoms with Gasteiger partial charge in [0.2, 0.25) is 0 Å². The third-order valence-electron chi connectivity index (χ3n) is 3.83. The number of urea groups is 1. The molecule has 31 heavy (non-hydrogen) atoms. The lowest BCUT2D eigenvalue weighted by atomic mass is 10.1. The number of nitrogens with zero attached hydrogens (tertiary/aromatic N) is 1. The van der Waals surface area contributed by atoms with Gasteiger partial charge in [-0.3, -0.25) is 5.10 Å². The number of aromatic nitrogens is 2. The number of amides is 2. The average Bonchev–Trinajstić information content (AvgIpc) is 3.28. The van der Waals surface area contributed by atoms with Crippen LogP contribution in [0.4, 0.5) is 23.7 Å². The number of hydrogen-bond acceptors (Lipinski definition) is 4. The van der Waals surface area contributed by atoms with Crippen molar-refractivity contribution in [1.82, 2.24) is 15.5 Å². The van der Waals surface area contributed by atoms with E-state index in [1.807, 2.05) is 54.7 Å². The minimum absolute atomic E-state index is 0.248. The van der Waals surface area contributed by atoms with E-state index < -0.39 is 12.1 Å². The molecule has 2 aromatic carbocycles. The molecule has 0 radical (unpaired) electrons. The highest BCUT2D eigenvalue weighted by atomic mass is 19.4. The number of hydrogen-bond donors (Lipinski definition) is 4. The third kappa shape index (κ3) is 7.72. The van der Waals surface area contributed by atoms with Crippen LogP contribution in [-0.2, 0) is 11.3 Å². The van der Waals surface area contributed by atoms with Gasteiger partial charge in [-0.1, -0.05) is 24.3 Å². The summed E-state index contributed by atoms with van der Waals surface area (Å²) in [7, 11) is 1.62. The van der Waals surface area contributed by atoms with Crippen molar-refractivity contribution in [3.8, 4) is 16.9 Å². The Hall–Kier alpha value is -4.02. The van der Waals surface area contributed by atoms with Gasteiger partial charge < -0.3 is 20.5 Å². The molecular weight excluding hydrogens is 417 g/mol. The molecule has 0 aliphatic rings. The Bertz CT molecular complexity index is 973. The van der Waals surface area contributed by atoms with Crippen LogP contribution in [0.1, 0.15) is 5.56 Å². The molecule has 2 amide bonds. The molecule has 3 rings (SSSR count). The number of benzene rings is 2. The molecule has 0 spiro atoms. The zero-order valence-corrected chi connectivity index (χ0v) is 16.2. The van der Waals surface area contributed by atoms with Crippen LogP contribution < -0.4 is 15.4 Å². The number of ether oxygens (including phenoxy) is 1.